The summed E-state index contributed by atoms with van der Waals surface area (Å²) in [5, 5.41) is 0. The van der Waals surface area contributed by atoms with Crippen molar-refractivity contribution in [1.29, 1.82) is 0 Å². The topological polar surface area (TPSA) is 79.5 Å². The van der Waals surface area contributed by atoms with Gasteiger partial charge in [0.25, 0.3) is 0 Å². The molecule has 1 aromatic carbocycles. The van der Waals surface area contributed by atoms with E-state index in [-0.39, 0.29) is 5.95 Å². The van der Waals surface area contributed by atoms with Crippen molar-refractivity contribution in [2.75, 3.05) is 20.0 Å². The minimum absolute atomic E-state index is 0.140. The summed E-state index contributed by atoms with van der Waals surface area (Å²) in [6, 6.07) is 6.94. The summed E-state index contributed by atoms with van der Waals surface area (Å²) in [5.41, 5.74) is 5.49. The number of benzene rings is 1. The number of para-hydroxylation sites is 1. The maximum Gasteiger partial charge on any atom is 0.224 e. The van der Waals surface area contributed by atoms with Crippen LogP contribution in [0.3, 0.4) is 0 Å². The Bertz CT molecular complexity index is 524. The van der Waals surface area contributed by atoms with Gasteiger partial charge in [-0.15, -0.1) is 0 Å². The van der Waals surface area contributed by atoms with Crippen LogP contribution in [0.5, 0.6) is 23.1 Å². The van der Waals surface area contributed by atoms with Gasteiger partial charge in [-0.25, -0.2) is 4.98 Å². The molecule has 94 valence electrons. The molecule has 2 rings (SSSR count). The normalized spacial score (nSPS) is 9.89. The number of hydrogen-bond donors (Lipinski definition) is 1. The van der Waals surface area contributed by atoms with Crippen molar-refractivity contribution >= 4 is 5.95 Å². The molecule has 0 bridgehead atoms. The molecule has 0 aliphatic rings. The minimum Gasteiger partial charge on any atom is -0.493 e. The molecule has 0 aliphatic heterocycles. The van der Waals surface area contributed by atoms with Gasteiger partial charge in [0.15, 0.2) is 11.5 Å². The molecule has 1 heterocycles. The van der Waals surface area contributed by atoms with E-state index in [1.807, 2.05) is 0 Å². The zero-order valence-electron chi connectivity index (χ0n) is 10.1. The maximum absolute atomic E-state index is 5.62. The van der Waals surface area contributed by atoms with Crippen molar-refractivity contribution < 1.29 is 14.2 Å². The molecular weight excluding hydrogens is 234 g/mol. The molecule has 6 nitrogen and oxygen atoms in total. The molecule has 0 amide bonds. The van der Waals surface area contributed by atoms with E-state index in [0.717, 1.165) is 0 Å². The second-order valence-electron chi connectivity index (χ2n) is 3.35. The summed E-state index contributed by atoms with van der Waals surface area (Å²) in [4.78, 5) is 7.74. The third kappa shape index (κ3) is 2.42. The first-order valence-electron chi connectivity index (χ1n) is 5.22. The molecule has 18 heavy (non-hydrogen) atoms. The monoisotopic (exact) mass is 247 g/mol. The fourth-order valence-electron chi connectivity index (χ4n) is 1.44. The average Bonchev–Trinajstić information content (AvgIpc) is 2.39. The van der Waals surface area contributed by atoms with E-state index in [2.05, 4.69) is 9.97 Å². The molecule has 0 unspecified atom stereocenters. The van der Waals surface area contributed by atoms with Crippen LogP contribution in [0.4, 0.5) is 5.95 Å². The minimum atomic E-state index is 0.140. The predicted octanol–water partition coefficient (Wildman–Crippen LogP) is 1.87. The zero-order valence-corrected chi connectivity index (χ0v) is 10.1. The van der Waals surface area contributed by atoms with Gasteiger partial charge in [-0.05, 0) is 12.1 Å². The Morgan fingerprint density at radius 1 is 1.06 bits per heavy atom. The standard InChI is InChI=1S/C12H13N3O3/c1-16-8-4-3-5-9(17-2)11(8)18-10-6-7-14-12(13)15-10/h3-7H,1-2H3,(H2,13,14,15). The van der Waals surface area contributed by atoms with Crippen molar-refractivity contribution in [3.05, 3.63) is 30.5 Å². The van der Waals surface area contributed by atoms with Crippen LogP contribution >= 0.6 is 0 Å². The van der Waals surface area contributed by atoms with E-state index in [4.69, 9.17) is 19.9 Å². The Hall–Kier alpha value is -2.50. The van der Waals surface area contributed by atoms with Gasteiger partial charge in [0.05, 0.1) is 14.2 Å². The first-order chi connectivity index (χ1) is 8.74. The lowest BCUT2D eigenvalue weighted by molar-refractivity contribution is 0.342. The summed E-state index contributed by atoms with van der Waals surface area (Å²) in [6.07, 6.45) is 1.51. The van der Waals surface area contributed by atoms with Crippen LogP contribution in [0.2, 0.25) is 0 Å². The van der Waals surface area contributed by atoms with Crippen LogP contribution < -0.4 is 19.9 Å². The molecule has 0 aliphatic carbocycles. The number of nitrogens with zero attached hydrogens (tertiary/aromatic N) is 2. The summed E-state index contributed by atoms with van der Waals surface area (Å²) in [6.45, 7) is 0. The second kappa shape index (κ2) is 5.22. The number of hydrogen-bond acceptors (Lipinski definition) is 6. The number of methoxy groups -OCH3 is 2. The highest BCUT2D eigenvalue weighted by Crippen LogP contribution is 2.39. The van der Waals surface area contributed by atoms with E-state index >= 15 is 0 Å². The van der Waals surface area contributed by atoms with E-state index in [0.29, 0.717) is 23.1 Å². The Morgan fingerprint density at radius 3 is 2.28 bits per heavy atom. The van der Waals surface area contributed by atoms with Crippen LogP contribution in [-0.4, -0.2) is 24.2 Å². The highest BCUT2D eigenvalue weighted by molar-refractivity contribution is 5.52. The van der Waals surface area contributed by atoms with E-state index < -0.39 is 0 Å². The molecule has 6 heteroatoms. The van der Waals surface area contributed by atoms with Crippen LogP contribution in [0.1, 0.15) is 0 Å². The van der Waals surface area contributed by atoms with E-state index in [1.165, 1.54) is 6.20 Å². The first-order valence-corrected chi connectivity index (χ1v) is 5.22. The summed E-state index contributed by atoms with van der Waals surface area (Å²) in [7, 11) is 3.10. The van der Waals surface area contributed by atoms with Crippen molar-refractivity contribution in [1.82, 2.24) is 9.97 Å². The SMILES string of the molecule is COc1cccc(OC)c1Oc1ccnc(N)n1. The van der Waals surface area contributed by atoms with Crippen LogP contribution in [-0.2, 0) is 0 Å². The lowest BCUT2D eigenvalue weighted by atomic mass is 10.3. The van der Waals surface area contributed by atoms with E-state index in [9.17, 15) is 0 Å². The Morgan fingerprint density at radius 2 is 1.72 bits per heavy atom. The zero-order chi connectivity index (χ0) is 13.0. The average molecular weight is 247 g/mol. The molecule has 0 radical (unpaired) electrons. The fraction of sp³-hybridized carbons (Fsp3) is 0.167. The second-order valence-corrected chi connectivity index (χ2v) is 3.35. The van der Waals surface area contributed by atoms with Gasteiger partial charge in [0.2, 0.25) is 17.6 Å². The number of nitrogens with two attached hydrogens (primary N) is 1. The third-order valence-electron chi connectivity index (χ3n) is 2.24. The van der Waals surface area contributed by atoms with Gasteiger partial charge in [-0.2, -0.15) is 4.98 Å². The Balaban J connectivity index is 2.38. The molecule has 1 aromatic heterocycles. The lowest BCUT2D eigenvalue weighted by Gasteiger charge is -2.12. The Kier molecular flexibility index (Phi) is 3.47. The summed E-state index contributed by atoms with van der Waals surface area (Å²) in [5.74, 6) is 2.00. The van der Waals surface area contributed by atoms with Crippen LogP contribution in [0, 0.1) is 0 Å². The number of aromatic nitrogens is 2. The van der Waals surface area contributed by atoms with Crippen molar-refractivity contribution in [2.45, 2.75) is 0 Å². The maximum atomic E-state index is 5.62. The number of anilines is 1. The van der Waals surface area contributed by atoms with Crippen molar-refractivity contribution in [3.8, 4) is 23.1 Å². The molecule has 0 spiro atoms. The van der Waals surface area contributed by atoms with E-state index in [1.54, 1.807) is 38.5 Å². The summed E-state index contributed by atoms with van der Waals surface area (Å²) < 4.78 is 16.0. The fourth-order valence-corrected chi connectivity index (χ4v) is 1.44. The van der Waals surface area contributed by atoms with Crippen molar-refractivity contribution in [3.63, 3.8) is 0 Å². The predicted molar refractivity (Wildman–Crippen MR) is 66.1 cm³/mol. The number of nitrogen functional groups attached to an aromatic ring is 1. The summed E-state index contributed by atoms with van der Waals surface area (Å²) >= 11 is 0. The molecule has 0 saturated carbocycles. The lowest BCUT2D eigenvalue weighted by Crippen LogP contribution is -1.98. The Labute approximate surface area is 104 Å². The third-order valence-corrected chi connectivity index (χ3v) is 2.24. The van der Waals surface area contributed by atoms with Gasteiger partial charge >= 0.3 is 0 Å². The molecular formula is C12H13N3O3. The molecule has 0 atom stereocenters. The van der Waals surface area contributed by atoms with Gasteiger partial charge in [0.1, 0.15) is 0 Å². The molecule has 2 aromatic rings. The molecule has 0 fully saturated rings. The quantitative estimate of drug-likeness (QED) is 0.888. The van der Waals surface area contributed by atoms with Gasteiger partial charge in [0, 0.05) is 12.3 Å². The highest BCUT2D eigenvalue weighted by atomic mass is 16.5. The van der Waals surface area contributed by atoms with Gasteiger partial charge < -0.3 is 19.9 Å². The highest BCUT2D eigenvalue weighted by Gasteiger charge is 2.13. The molecule has 0 saturated heterocycles. The first kappa shape index (κ1) is 12.0. The van der Waals surface area contributed by atoms with Crippen molar-refractivity contribution in [2.24, 2.45) is 0 Å². The van der Waals surface area contributed by atoms with Gasteiger partial charge in [-0.1, -0.05) is 6.07 Å². The van der Waals surface area contributed by atoms with Gasteiger partial charge in [-0.3, -0.25) is 0 Å². The van der Waals surface area contributed by atoms with Crippen LogP contribution in [0.15, 0.2) is 30.5 Å². The largest absolute Gasteiger partial charge is 0.493 e. The smallest absolute Gasteiger partial charge is 0.224 e. The van der Waals surface area contributed by atoms with Crippen LogP contribution in [0.25, 0.3) is 0 Å². The number of rotatable bonds is 4. The number of ether oxygens (including phenoxy) is 3. The molecule has 2 N–H and O–H groups in total.